The molecule has 1 aliphatic rings. The zero-order chi connectivity index (χ0) is 35.2. The van der Waals surface area contributed by atoms with Crippen LogP contribution in [0.5, 0.6) is 0 Å². The van der Waals surface area contributed by atoms with Crippen molar-refractivity contribution in [2.24, 2.45) is 0 Å². The molecular formula is C37H50F3N6O2P. The van der Waals surface area contributed by atoms with Gasteiger partial charge in [0.05, 0.1) is 24.3 Å². The van der Waals surface area contributed by atoms with Crippen LogP contribution >= 0.6 is 7.92 Å². The van der Waals surface area contributed by atoms with Gasteiger partial charge in [-0.2, -0.15) is 13.2 Å². The Morgan fingerprint density at radius 2 is 1.61 bits per heavy atom. The lowest BCUT2D eigenvalue weighted by Gasteiger charge is -2.32. The molecule has 2 heterocycles. The van der Waals surface area contributed by atoms with Gasteiger partial charge in [0.15, 0.2) is 0 Å². The SMILES string of the molecule is CC(=O)NCCCCCCCNC(=O)CN1CCC(Nc2cccc3c2cc(C#CCNc2ccc(P(C)C)cc2)n3CC(F)(F)F)CC1. The number of nitrogens with one attached hydrogen (secondary N) is 4. The molecule has 8 nitrogen and oxygen atoms in total. The number of carbonyl (C=O) groups is 2. The number of hydrogen-bond donors (Lipinski definition) is 4. The minimum Gasteiger partial charge on any atom is -0.382 e. The van der Waals surface area contributed by atoms with Crippen LogP contribution in [0.25, 0.3) is 10.9 Å². The van der Waals surface area contributed by atoms with Gasteiger partial charge in [0, 0.05) is 55.9 Å². The monoisotopic (exact) mass is 698 g/mol. The summed E-state index contributed by atoms with van der Waals surface area (Å²) in [6.45, 7) is 8.37. The molecule has 0 aliphatic carbocycles. The molecule has 0 unspecified atom stereocenters. The van der Waals surface area contributed by atoms with Crippen molar-refractivity contribution in [3.8, 4) is 11.8 Å². The normalized spacial score (nSPS) is 14.0. The van der Waals surface area contributed by atoms with E-state index in [9.17, 15) is 22.8 Å². The molecule has 0 bridgehead atoms. The molecule has 1 aromatic heterocycles. The Hall–Kier alpha value is -3.74. The second kappa shape index (κ2) is 18.9. The fraction of sp³-hybridized carbons (Fsp3) is 0.514. The Balaban J connectivity index is 1.27. The molecule has 2 aromatic carbocycles. The van der Waals surface area contributed by atoms with Gasteiger partial charge in [-0.05, 0) is 80.6 Å². The predicted octanol–water partition coefficient (Wildman–Crippen LogP) is 6.11. The highest BCUT2D eigenvalue weighted by Crippen LogP contribution is 2.31. The average Bonchev–Trinajstić information content (AvgIpc) is 3.39. The van der Waals surface area contributed by atoms with E-state index in [1.807, 2.05) is 18.2 Å². The fourth-order valence-electron chi connectivity index (χ4n) is 6.01. The Labute approximate surface area is 289 Å². The molecule has 0 atom stereocenters. The van der Waals surface area contributed by atoms with Crippen molar-refractivity contribution >= 4 is 47.3 Å². The number of fused-ring (bicyclic) bond motifs is 1. The fourth-order valence-corrected chi connectivity index (χ4v) is 6.75. The Morgan fingerprint density at radius 1 is 0.939 bits per heavy atom. The number of hydrogen-bond acceptors (Lipinski definition) is 5. The molecule has 4 rings (SSSR count). The van der Waals surface area contributed by atoms with Gasteiger partial charge in [-0.25, -0.2) is 0 Å². The highest BCUT2D eigenvalue weighted by molar-refractivity contribution is 7.64. The maximum absolute atomic E-state index is 13.7. The second-order valence-corrected chi connectivity index (χ2v) is 15.2. The Kier molecular flexibility index (Phi) is 14.7. The summed E-state index contributed by atoms with van der Waals surface area (Å²) in [6, 6.07) is 15.5. The van der Waals surface area contributed by atoms with Crippen molar-refractivity contribution in [3.05, 3.63) is 54.2 Å². The number of anilines is 2. The molecule has 266 valence electrons. The Bertz CT molecular complexity index is 1570. The number of unbranched alkanes of at least 4 members (excludes halogenated alkanes) is 4. The number of aromatic nitrogens is 1. The smallest absolute Gasteiger partial charge is 0.382 e. The first-order chi connectivity index (χ1) is 23.5. The van der Waals surface area contributed by atoms with Crippen molar-refractivity contribution < 1.29 is 22.8 Å². The largest absolute Gasteiger partial charge is 0.406 e. The van der Waals surface area contributed by atoms with E-state index in [0.717, 1.165) is 69.4 Å². The maximum Gasteiger partial charge on any atom is 0.406 e. The van der Waals surface area contributed by atoms with Crippen LogP contribution in [0, 0.1) is 11.8 Å². The van der Waals surface area contributed by atoms with Gasteiger partial charge in [-0.3, -0.25) is 14.5 Å². The van der Waals surface area contributed by atoms with E-state index in [-0.39, 0.29) is 25.8 Å². The molecule has 4 N–H and O–H groups in total. The average molecular weight is 699 g/mol. The lowest BCUT2D eigenvalue weighted by molar-refractivity contribution is -0.140. The third-order valence-corrected chi connectivity index (χ3v) is 9.96. The second-order valence-electron chi connectivity index (χ2n) is 12.9. The van der Waals surface area contributed by atoms with Gasteiger partial charge in [-0.15, -0.1) is 0 Å². The van der Waals surface area contributed by atoms with Crippen LogP contribution in [-0.4, -0.2) is 86.1 Å². The van der Waals surface area contributed by atoms with Crippen LogP contribution in [0.3, 0.4) is 0 Å². The van der Waals surface area contributed by atoms with E-state index in [4.69, 9.17) is 0 Å². The molecule has 1 saturated heterocycles. The highest BCUT2D eigenvalue weighted by atomic mass is 31.1. The van der Waals surface area contributed by atoms with Crippen LogP contribution in [0.2, 0.25) is 0 Å². The minimum atomic E-state index is -4.39. The zero-order valence-corrected chi connectivity index (χ0v) is 29.8. The quantitative estimate of drug-likeness (QED) is 0.0824. The van der Waals surface area contributed by atoms with Gasteiger partial charge in [-0.1, -0.05) is 51.3 Å². The third-order valence-electron chi connectivity index (χ3n) is 8.63. The molecular weight excluding hydrogens is 648 g/mol. The summed E-state index contributed by atoms with van der Waals surface area (Å²) in [5, 5.41) is 14.6. The number of likely N-dealkylation sites (tertiary alicyclic amines) is 1. The number of rotatable bonds is 16. The molecule has 0 spiro atoms. The summed E-state index contributed by atoms with van der Waals surface area (Å²) < 4.78 is 42.2. The van der Waals surface area contributed by atoms with Crippen LogP contribution in [0.4, 0.5) is 24.5 Å². The van der Waals surface area contributed by atoms with Gasteiger partial charge < -0.3 is 25.8 Å². The third kappa shape index (κ3) is 12.9. The van der Waals surface area contributed by atoms with Gasteiger partial charge in [0.1, 0.15) is 6.54 Å². The van der Waals surface area contributed by atoms with E-state index >= 15 is 0 Å². The number of alkyl halides is 3. The van der Waals surface area contributed by atoms with Crippen molar-refractivity contribution in [1.29, 1.82) is 0 Å². The molecule has 0 saturated carbocycles. The first-order valence-corrected chi connectivity index (χ1v) is 19.4. The van der Waals surface area contributed by atoms with Crippen molar-refractivity contribution in [3.63, 3.8) is 0 Å². The topological polar surface area (TPSA) is 90.4 Å². The van der Waals surface area contributed by atoms with Crippen LogP contribution < -0.4 is 26.6 Å². The number of carbonyl (C=O) groups excluding carboxylic acids is 2. The predicted molar refractivity (Wildman–Crippen MR) is 196 cm³/mol. The van der Waals surface area contributed by atoms with E-state index < -0.39 is 12.7 Å². The van der Waals surface area contributed by atoms with E-state index in [1.54, 1.807) is 18.2 Å². The van der Waals surface area contributed by atoms with Crippen LogP contribution in [0.15, 0.2) is 48.5 Å². The highest BCUT2D eigenvalue weighted by Gasteiger charge is 2.30. The first kappa shape index (κ1) is 38.1. The summed E-state index contributed by atoms with van der Waals surface area (Å²) in [4.78, 5) is 25.5. The molecule has 2 amide bonds. The summed E-state index contributed by atoms with van der Waals surface area (Å²) in [7, 11) is -0.180. The molecule has 1 fully saturated rings. The molecule has 0 radical (unpaired) electrons. The standard InChI is InChI=1S/C37H50F3N6O2P/c1-28(47)41-20-7-5-4-6-8-21-43-36(48)26-45-23-18-30(19-24-45)44-34-12-9-13-35-33(34)25-31(46(35)27-37(38,39)40)11-10-22-42-29-14-16-32(17-15-29)49(2)3/h9,12-17,25,30,42,44H,4-8,18-24,26-27H2,1-3H3,(H,41,47)(H,43,48). The Morgan fingerprint density at radius 3 is 2.27 bits per heavy atom. The summed E-state index contributed by atoms with van der Waals surface area (Å²) in [5.41, 5.74) is 2.52. The van der Waals surface area contributed by atoms with Crippen molar-refractivity contribution in [1.82, 2.24) is 20.1 Å². The maximum atomic E-state index is 13.7. The number of benzene rings is 2. The first-order valence-electron chi connectivity index (χ1n) is 17.2. The van der Waals surface area contributed by atoms with Crippen molar-refractivity contribution in [2.75, 3.05) is 63.2 Å². The van der Waals surface area contributed by atoms with Crippen LogP contribution in [0.1, 0.15) is 57.6 Å². The van der Waals surface area contributed by atoms with E-state index in [1.165, 1.54) is 16.8 Å². The van der Waals surface area contributed by atoms with Gasteiger partial charge in [0.2, 0.25) is 11.8 Å². The molecule has 12 heteroatoms. The zero-order valence-electron chi connectivity index (χ0n) is 28.9. The lowest BCUT2D eigenvalue weighted by atomic mass is 10.0. The summed E-state index contributed by atoms with van der Waals surface area (Å²) in [6.07, 6.45) is 2.35. The van der Waals surface area contributed by atoms with Crippen LogP contribution in [-0.2, 0) is 16.1 Å². The molecule has 49 heavy (non-hydrogen) atoms. The number of piperidine rings is 1. The molecule has 1 aliphatic heterocycles. The minimum absolute atomic E-state index is 0.00328. The van der Waals surface area contributed by atoms with E-state index in [2.05, 4.69) is 63.5 Å². The summed E-state index contributed by atoms with van der Waals surface area (Å²) in [5.74, 6) is 6.03. The lowest BCUT2D eigenvalue weighted by Crippen LogP contribution is -2.44. The van der Waals surface area contributed by atoms with E-state index in [0.29, 0.717) is 42.8 Å². The number of amides is 2. The van der Waals surface area contributed by atoms with Crippen molar-refractivity contribution in [2.45, 2.75) is 70.6 Å². The number of nitrogens with zero attached hydrogens (tertiary/aromatic N) is 2. The van der Waals surface area contributed by atoms with Gasteiger partial charge >= 0.3 is 6.18 Å². The number of halogens is 3. The molecule has 3 aromatic rings. The van der Waals surface area contributed by atoms with Gasteiger partial charge in [0.25, 0.3) is 0 Å². The summed E-state index contributed by atoms with van der Waals surface area (Å²) >= 11 is 0.